The average Bonchev–Trinajstić information content (AvgIpc) is 2.54. The predicted molar refractivity (Wildman–Crippen MR) is 62.3 cm³/mol. The molecule has 0 aliphatic rings. The molecule has 1 rings (SSSR count). The number of hydrogen-bond acceptors (Lipinski definition) is 2. The van der Waals surface area contributed by atoms with E-state index in [0.717, 1.165) is 17.9 Å². The van der Waals surface area contributed by atoms with Crippen LogP contribution in [0.2, 0.25) is 0 Å². The van der Waals surface area contributed by atoms with Gasteiger partial charge in [-0.15, -0.1) is 0 Å². The Morgan fingerprint density at radius 1 is 1.56 bits per heavy atom. The van der Waals surface area contributed by atoms with E-state index in [4.69, 9.17) is 5.11 Å². The summed E-state index contributed by atoms with van der Waals surface area (Å²) in [6, 6.07) is 1.97. The van der Waals surface area contributed by atoms with E-state index in [0.29, 0.717) is 6.42 Å². The van der Waals surface area contributed by atoms with E-state index in [1.807, 2.05) is 38.4 Å². The van der Waals surface area contributed by atoms with Crippen LogP contribution in [0.3, 0.4) is 0 Å². The number of rotatable bonds is 5. The first-order chi connectivity index (χ1) is 7.45. The first kappa shape index (κ1) is 12.7. The molecule has 1 N–H and O–H groups in total. The van der Waals surface area contributed by atoms with Crippen LogP contribution in [0, 0.1) is 18.8 Å². The van der Waals surface area contributed by atoms with Gasteiger partial charge in [0.2, 0.25) is 0 Å². The Hall–Kier alpha value is -1.32. The summed E-state index contributed by atoms with van der Waals surface area (Å²) in [7, 11) is 0. The number of carboxylic acid groups (broad SMARTS) is 1. The number of nitrogens with zero attached hydrogens (tertiary/aromatic N) is 2. The van der Waals surface area contributed by atoms with E-state index < -0.39 is 5.97 Å². The van der Waals surface area contributed by atoms with Crippen LogP contribution in [0.4, 0.5) is 0 Å². The van der Waals surface area contributed by atoms with Crippen molar-refractivity contribution < 1.29 is 9.90 Å². The molecule has 4 nitrogen and oxygen atoms in total. The molecule has 0 aliphatic heterocycles. The number of aromatic nitrogens is 2. The lowest BCUT2D eigenvalue weighted by atomic mass is 9.91. The van der Waals surface area contributed by atoms with Crippen molar-refractivity contribution in [3.8, 4) is 0 Å². The van der Waals surface area contributed by atoms with Crippen LogP contribution in [0.5, 0.6) is 0 Å². The third kappa shape index (κ3) is 2.84. The summed E-state index contributed by atoms with van der Waals surface area (Å²) in [6.07, 6.45) is 0.557. The summed E-state index contributed by atoms with van der Waals surface area (Å²) >= 11 is 0. The van der Waals surface area contributed by atoms with E-state index in [-0.39, 0.29) is 11.8 Å². The van der Waals surface area contributed by atoms with Gasteiger partial charge >= 0.3 is 5.97 Å². The van der Waals surface area contributed by atoms with E-state index in [1.165, 1.54) is 0 Å². The van der Waals surface area contributed by atoms with Crippen molar-refractivity contribution in [2.24, 2.45) is 11.8 Å². The van der Waals surface area contributed by atoms with Gasteiger partial charge in [-0.1, -0.05) is 13.8 Å². The monoisotopic (exact) mass is 224 g/mol. The molecule has 1 heterocycles. The topological polar surface area (TPSA) is 55.1 Å². The molecular formula is C12H20N2O2. The van der Waals surface area contributed by atoms with Gasteiger partial charge in [0.1, 0.15) is 0 Å². The van der Waals surface area contributed by atoms with E-state index >= 15 is 0 Å². The largest absolute Gasteiger partial charge is 0.481 e. The van der Waals surface area contributed by atoms with Gasteiger partial charge in [-0.2, -0.15) is 5.10 Å². The second kappa shape index (κ2) is 5.14. The Balaban J connectivity index is 2.88. The fourth-order valence-corrected chi connectivity index (χ4v) is 1.87. The third-order valence-corrected chi connectivity index (χ3v) is 2.84. The molecule has 4 heteroatoms. The van der Waals surface area contributed by atoms with Gasteiger partial charge in [-0.05, 0) is 25.8 Å². The average molecular weight is 224 g/mol. The van der Waals surface area contributed by atoms with Crippen LogP contribution in [0.15, 0.2) is 6.07 Å². The maximum atomic E-state index is 11.1. The summed E-state index contributed by atoms with van der Waals surface area (Å²) in [4.78, 5) is 11.1. The van der Waals surface area contributed by atoms with Crippen molar-refractivity contribution in [2.45, 2.75) is 40.7 Å². The van der Waals surface area contributed by atoms with Crippen molar-refractivity contribution in [1.29, 1.82) is 0 Å². The Morgan fingerprint density at radius 3 is 2.62 bits per heavy atom. The van der Waals surface area contributed by atoms with Crippen molar-refractivity contribution in [1.82, 2.24) is 9.78 Å². The lowest BCUT2D eigenvalue weighted by molar-refractivity contribution is -0.143. The molecule has 0 bridgehead atoms. The minimum atomic E-state index is -0.725. The van der Waals surface area contributed by atoms with Crippen LogP contribution in [0.25, 0.3) is 0 Å². The standard InChI is InChI=1S/C12H20N2O2/c1-5-14-10(6-9(4)13-14)7-11(8(2)3)12(15)16/h6,8,11H,5,7H2,1-4H3,(H,15,16). The minimum Gasteiger partial charge on any atom is -0.481 e. The lowest BCUT2D eigenvalue weighted by Crippen LogP contribution is -2.23. The van der Waals surface area contributed by atoms with Crippen LogP contribution in [0.1, 0.15) is 32.2 Å². The third-order valence-electron chi connectivity index (χ3n) is 2.84. The maximum absolute atomic E-state index is 11.1. The molecule has 0 amide bonds. The van der Waals surface area contributed by atoms with Gasteiger partial charge in [-0.25, -0.2) is 0 Å². The van der Waals surface area contributed by atoms with E-state index in [2.05, 4.69) is 5.10 Å². The summed E-state index contributed by atoms with van der Waals surface area (Å²) in [5, 5.41) is 13.5. The van der Waals surface area contributed by atoms with Crippen LogP contribution in [-0.2, 0) is 17.8 Å². The van der Waals surface area contributed by atoms with Crippen LogP contribution in [-0.4, -0.2) is 20.9 Å². The van der Waals surface area contributed by atoms with Gasteiger partial charge in [0.05, 0.1) is 11.6 Å². The second-order valence-electron chi connectivity index (χ2n) is 4.49. The molecule has 0 aromatic carbocycles. The molecule has 16 heavy (non-hydrogen) atoms. The number of carbonyl (C=O) groups is 1. The molecule has 90 valence electrons. The SMILES string of the molecule is CCn1nc(C)cc1CC(C(=O)O)C(C)C. The number of carboxylic acids is 1. The molecule has 0 saturated carbocycles. The smallest absolute Gasteiger partial charge is 0.307 e. The first-order valence-electron chi connectivity index (χ1n) is 5.71. The van der Waals surface area contributed by atoms with E-state index in [9.17, 15) is 4.79 Å². The minimum absolute atomic E-state index is 0.137. The molecule has 1 atom stereocenters. The Morgan fingerprint density at radius 2 is 2.19 bits per heavy atom. The Kier molecular flexibility index (Phi) is 4.10. The van der Waals surface area contributed by atoms with Crippen molar-refractivity contribution >= 4 is 5.97 Å². The highest BCUT2D eigenvalue weighted by atomic mass is 16.4. The van der Waals surface area contributed by atoms with Gasteiger partial charge in [0.15, 0.2) is 0 Å². The molecule has 0 radical (unpaired) electrons. The summed E-state index contributed by atoms with van der Waals surface area (Å²) in [5.41, 5.74) is 1.96. The highest BCUT2D eigenvalue weighted by molar-refractivity contribution is 5.70. The van der Waals surface area contributed by atoms with Gasteiger partial charge in [0, 0.05) is 18.7 Å². The molecule has 1 unspecified atom stereocenters. The molecule has 0 fully saturated rings. The van der Waals surface area contributed by atoms with Gasteiger partial charge in [0.25, 0.3) is 0 Å². The fourth-order valence-electron chi connectivity index (χ4n) is 1.87. The zero-order chi connectivity index (χ0) is 12.3. The highest BCUT2D eigenvalue weighted by Gasteiger charge is 2.23. The second-order valence-corrected chi connectivity index (χ2v) is 4.49. The zero-order valence-electron chi connectivity index (χ0n) is 10.4. The van der Waals surface area contributed by atoms with Gasteiger partial charge < -0.3 is 5.11 Å². The molecule has 0 saturated heterocycles. The van der Waals surface area contributed by atoms with Crippen molar-refractivity contribution in [3.63, 3.8) is 0 Å². The summed E-state index contributed by atoms with van der Waals surface area (Å²) in [6.45, 7) is 8.62. The maximum Gasteiger partial charge on any atom is 0.307 e. The molecule has 1 aromatic heterocycles. The van der Waals surface area contributed by atoms with Crippen molar-refractivity contribution in [2.75, 3.05) is 0 Å². The Bertz CT molecular complexity index is 369. The van der Waals surface area contributed by atoms with Crippen LogP contribution < -0.4 is 0 Å². The first-order valence-corrected chi connectivity index (χ1v) is 5.71. The highest BCUT2D eigenvalue weighted by Crippen LogP contribution is 2.18. The number of aryl methyl sites for hydroxylation is 2. The summed E-state index contributed by atoms with van der Waals surface area (Å²) < 4.78 is 1.88. The number of aliphatic carboxylic acids is 1. The normalized spacial score (nSPS) is 13.1. The lowest BCUT2D eigenvalue weighted by Gasteiger charge is -2.16. The molecular weight excluding hydrogens is 204 g/mol. The van der Waals surface area contributed by atoms with E-state index in [1.54, 1.807) is 0 Å². The zero-order valence-corrected chi connectivity index (χ0v) is 10.4. The fraction of sp³-hybridized carbons (Fsp3) is 0.667. The van der Waals surface area contributed by atoms with Crippen molar-refractivity contribution in [3.05, 3.63) is 17.5 Å². The quantitative estimate of drug-likeness (QED) is 0.833. The van der Waals surface area contributed by atoms with Gasteiger partial charge in [-0.3, -0.25) is 9.48 Å². The molecule has 1 aromatic rings. The summed E-state index contributed by atoms with van der Waals surface area (Å²) in [5.74, 6) is -0.920. The molecule has 0 aliphatic carbocycles. The Labute approximate surface area is 96.3 Å². The number of hydrogen-bond donors (Lipinski definition) is 1. The van der Waals surface area contributed by atoms with Crippen LogP contribution >= 0.6 is 0 Å². The molecule has 0 spiro atoms. The predicted octanol–water partition coefficient (Wildman–Crippen LogP) is 2.11.